The molecule has 0 radical (unpaired) electrons. The van der Waals surface area contributed by atoms with E-state index in [0.29, 0.717) is 6.42 Å². The molecule has 1 aromatic rings. The van der Waals surface area contributed by atoms with Crippen molar-refractivity contribution in [1.82, 2.24) is 4.72 Å². The lowest BCUT2D eigenvalue weighted by Gasteiger charge is -2.10. The van der Waals surface area contributed by atoms with Gasteiger partial charge in [-0.2, -0.15) is 4.39 Å². The SMILES string of the molecule is CCC(O)CNS(=O)(=O)c1cccc(F)c1[N+](=O)[O-]. The quantitative estimate of drug-likeness (QED) is 0.595. The molecule has 2 N–H and O–H groups in total. The fourth-order valence-electron chi connectivity index (χ4n) is 1.32. The zero-order valence-electron chi connectivity index (χ0n) is 10.0. The van der Waals surface area contributed by atoms with Gasteiger partial charge in [0.05, 0.1) is 11.0 Å². The van der Waals surface area contributed by atoms with Crippen LogP contribution >= 0.6 is 0 Å². The number of para-hydroxylation sites is 1. The van der Waals surface area contributed by atoms with Crippen molar-refractivity contribution in [3.63, 3.8) is 0 Å². The molecule has 9 heteroatoms. The Morgan fingerprint density at radius 1 is 1.53 bits per heavy atom. The maximum Gasteiger partial charge on any atom is 0.324 e. The minimum absolute atomic E-state index is 0.299. The highest BCUT2D eigenvalue weighted by molar-refractivity contribution is 7.89. The first kappa shape index (κ1) is 15.5. The molecule has 1 rings (SSSR count). The number of nitro groups is 1. The van der Waals surface area contributed by atoms with E-state index >= 15 is 0 Å². The number of halogens is 1. The molecule has 1 unspecified atom stereocenters. The summed E-state index contributed by atoms with van der Waals surface area (Å²) in [5.41, 5.74) is -1.11. The van der Waals surface area contributed by atoms with E-state index in [4.69, 9.17) is 0 Å². The zero-order chi connectivity index (χ0) is 14.6. The highest BCUT2D eigenvalue weighted by atomic mass is 32.2. The Hall–Kier alpha value is -1.58. The maximum absolute atomic E-state index is 13.3. The topological polar surface area (TPSA) is 110 Å². The second-order valence-electron chi connectivity index (χ2n) is 3.76. The molecule has 1 atom stereocenters. The largest absolute Gasteiger partial charge is 0.392 e. The minimum atomic E-state index is -4.26. The number of hydrogen-bond acceptors (Lipinski definition) is 5. The Balaban J connectivity index is 3.15. The number of aliphatic hydroxyl groups excluding tert-OH is 1. The van der Waals surface area contributed by atoms with Crippen LogP contribution in [0.3, 0.4) is 0 Å². The molecule has 19 heavy (non-hydrogen) atoms. The summed E-state index contributed by atoms with van der Waals surface area (Å²) in [5, 5.41) is 20.0. The zero-order valence-corrected chi connectivity index (χ0v) is 10.9. The first-order valence-electron chi connectivity index (χ1n) is 5.40. The van der Waals surface area contributed by atoms with Crippen LogP contribution in [0.5, 0.6) is 0 Å². The van der Waals surface area contributed by atoms with Gasteiger partial charge < -0.3 is 5.11 Å². The summed E-state index contributed by atoms with van der Waals surface area (Å²) in [6.45, 7) is 1.34. The van der Waals surface area contributed by atoms with Crippen LogP contribution in [0.25, 0.3) is 0 Å². The third kappa shape index (κ3) is 3.69. The molecule has 0 spiro atoms. The van der Waals surface area contributed by atoms with Crippen molar-refractivity contribution in [2.75, 3.05) is 6.54 Å². The van der Waals surface area contributed by atoms with E-state index in [2.05, 4.69) is 0 Å². The van der Waals surface area contributed by atoms with E-state index in [9.17, 15) is 28.0 Å². The van der Waals surface area contributed by atoms with Crippen LogP contribution in [0.4, 0.5) is 10.1 Å². The van der Waals surface area contributed by atoms with Gasteiger partial charge in [-0.05, 0) is 18.6 Å². The van der Waals surface area contributed by atoms with Crippen molar-refractivity contribution in [2.45, 2.75) is 24.3 Å². The molecule has 0 aromatic heterocycles. The highest BCUT2D eigenvalue weighted by Gasteiger charge is 2.29. The number of sulfonamides is 1. The van der Waals surface area contributed by atoms with Gasteiger partial charge in [0.25, 0.3) is 0 Å². The second-order valence-corrected chi connectivity index (χ2v) is 5.49. The Labute approximate surface area is 109 Å². The fourth-order valence-corrected chi connectivity index (χ4v) is 2.57. The van der Waals surface area contributed by atoms with Crippen LogP contribution in [-0.2, 0) is 10.0 Å². The number of rotatable bonds is 6. The van der Waals surface area contributed by atoms with E-state index in [1.54, 1.807) is 6.92 Å². The molecule has 106 valence electrons. The second kappa shape index (κ2) is 6.04. The lowest BCUT2D eigenvalue weighted by atomic mass is 10.3. The first-order valence-corrected chi connectivity index (χ1v) is 6.88. The molecule has 0 aliphatic carbocycles. The van der Waals surface area contributed by atoms with Crippen LogP contribution in [0.2, 0.25) is 0 Å². The average molecular weight is 292 g/mol. The van der Waals surface area contributed by atoms with Crippen molar-refractivity contribution >= 4 is 15.7 Å². The van der Waals surface area contributed by atoms with Crippen LogP contribution in [0, 0.1) is 15.9 Å². The molecule has 0 amide bonds. The van der Waals surface area contributed by atoms with E-state index in [0.717, 1.165) is 18.2 Å². The van der Waals surface area contributed by atoms with Gasteiger partial charge in [-0.15, -0.1) is 0 Å². The van der Waals surface area contributed by atoms with Crippen molar-refractivity contribution in [2.24, 2.45) is 0 Å². The molecule has 0 saturated heterocycles. The average Bonchev–Trinajstić information content (AvgIpc) is 2.35. The molecular formula is C10H13FN2O5S. The maximum atomic E-state index is 13.3. The van der Waals surface area contributed by atoms with Crippen molar-refractivity contribution < 1.29 is 22.8 Å². The van der Waals surface area contributed by atoms with Gasteiger partial charge in [-0.1, -0.05) is 13.0 Å². The fraction of sp³-hybridized carbons (Fsp3) is 0.400. The van der Waals surface area contributed by atoms with E-state index in [1.807, 2.05) is 4.72 Å². The summed E-state index contributed by atoms with van der Waals surface area (Å²) in [5.74, 6) is -1.23. The molecule has 0 bridgehead atoms. The number of nitro benzene ring substituents is 1. The van der Waals surface area contributed by atoms with Gasteiger partial charge in [0.2, 0.25) is 15.8 Å². The summed E-state index contributed by atoms with van der Waals surface area (Å²) < 4.78 is 39.0. The van der Waals surface area contributed by atoms with Gasteiger partial charge in [0, 0.05) is 6.54 Å². The number of aliphatic hydroxyl groups is 1. The molecule has 0 aliphatic heterocycles. The van der Waals surface area contributed by atoms with Crippen molar-refractivity contribution in [3.8, 4) is 0 Å². The molecular weight excluding hydrogens is 279 g/mol. The number of nitrogens with zero attached hydrogens (tertiary/aromatic N) is 1. The van der Waals surface area contributed by atoms with Crippen molar-refractivity contribution in [1.29, 1.82) is 0 Å². The van der Waals surface area contributed by atoms with Gasteiger partial charge >= 0.3 is 5.69 Å². The Bertz CT molecular complexity index is 575. The highest BCUT2D eigenvalue weighted by Crippen LogP contribution is 2.26. The summed E-state index contributed by atoms with van der Waals surface area (Å²) in [6.07, 6.45) is -0.601. The summed E-state index contributed by atoms with van der Waals surface area (Å²) >= 11 is 0. The van der Waals surface area contributed by atoms with Gasteiger partial charge in [-0.3, -0.25) is 10.1 Å². The third-order valence-corrected chi connectivity index (χ3v) is 3.86. The van der Waals surface area contributed by atoms with Crippen LogP contribution < -0.4 is 4.72 Å². The van der Waals surface area contributed by atoms with Gasteiger partial charge in [0.15, 0.2) is 4.90 Å². The van der Waals surface area contributed by atoms with Crippen LogP contribution in [-0.4, -0.2) is 31.1 Å². The predicted molar refractivity (Wildman–Crippen MR) is 64.5 cm³/mol. The summed E-state index contributed by atoms with van der Waals surface area (Å²) in [7, 11) is -4.26. The standard InChI is InChI=1S/C10H13FN2O5S/c1-2-7(14)6-12-19(17,18)9-5-3-4-8(11)10(9)13(15)16/h3-5,7,12,14H,2,6H2,1H3. The number of benzene rings is 1. The normalized spacial score (nSPS) is 13.2. The minimum Gasteiger partial charge on any atom is -0.392 e. The molecule has 0 saturated carbocycles. The Morgan fingerprint density at radius 2 is 2.16 bits per heavy atom. The van der Waals surface area contributed by atoms with Crippen LogP contribution in [0.15, 0.2) is 23.1 Å². The number of nitrogens with one attached hydrogen (secondary N) is 1. The molecule has 0 aliphatic rings. The van der Waals surface area contributed by atoms with E-state index in [1.165, 1.54) is 0 Å². The number of hydrogen-bond donors (Lipinski definition) is 2. The molecule has 0 heterocycles. The van der Waals surface area contributed by atoms with Gasteiger partial charge in [0.1, 0.15) is 0 Å². The first-order chi connectivity index (χ1) is 8.79. The summed E-state index contributed by atoms with van der Waals surface area (Å²) in [4.78, 5) is 8.85. The van der Waals surface area contributed by atoms with Crippen LogP contribution in [0.1, 0.15) is 13.3 Å². The van der Waals surface area contributed by atoms with Gasteiger partial charge in [-0.25, -0.2) is 13.1 Å². The molecule has 1 aromatic carbocycles. The predicted octanol–water partition coefficient (Wildman–Crippen LogP) is 0.783. The molecule has 7 nitrogen and oxygen atoms in total. The van der Waals surface area contributed by atoms with Crippen molar-refractivity contribution in [3.05, 3.63) is 34.1 Å². The van der Waals surface area contributed by atoms with E-state index in [-0.39, 0.29) is 6.54 Å². The van der Waals surface area contributed by atoms with E-state index < -0.39 is 37.5 Å². The lowest BCUT2D eigenvalue weighted by Crippen LogP contribution is -2.32. The monoisotopic (exact) mass is 292 g/mol. The Morgan fingerprint density at radius 3 is 2.68 bits per heavy atom. The summed E-state index contributed by atoms with van der Waals surface area (Å²) in [6, 6.07) is 2.80. The third-order valence-electron chi connectivity index (χ3n) is 2.40. The molecule has 0 fully saturated rings. The lowest BCUT2D eigenvalue weighted by molar-refractivity contribution is -0.390. The Kier molecular flexibility index (Phi) is 4.92. The smallest absolute Gasteiger partial charge is 0.324 e.